The normalized spacial score (nSPS) is 12.2. The molecule has 0 aromatic heterocycles. The summed E-state index contributed by atoms with van der Waals surface area (Å²) >= 11 is 0. The van der Waals surface area contributed by atoms with Crippen molar-refractivity contribution in [2.45, 2.75) is 143 Å². The van der Waals surface area contributed by atoms with Crippen molar-refractivity contribution in [1.82, 2.24) is 0 Å². The highest BCUT2D eigenvalue weighted by Gasteiger charge is 2.12. The molecule has 1 atom stereocenters. The summed E-state index contributed by atoms with van der Waals surface area (Å²) in [7, 11) is 0. The van der Waals surface area contributed by atoms with Crippen LogP contribution in [0.5, 0.6) is 0 Å². The van der Waals surface area contributed by atoms with Crippen molar-refractivity contribution >= 4 is 0 Å². The van der Waals surface area contributed by atoms with E-state index >= 15 is 0 Å². The lowest BCUT2D eigenvalue weighted by Crippen LogP contribution is -2.08. The Hall–Kier alpha value is -0.440. The predicted octanol–water partition coefficient (Wildman–Crippen LogP) is 9.32. The molecular formula is C26H50. The van der Waals surface area contributed by atoms with E-state index < -0.39 is 0 Å². The maximum absolute atomic E-state index is 3.38. The third-order valence-corrected chi connectivity index (χ3v) is 5.78. The van der Waals surface area contributed by atoms with Crippen LogP contribution in [0, 0.1) is 23.7 Å². The largest absolute Gasteiger partial charge is 0.103 e. The van der Waals surface area contributed by atoms with Crippen LogP contribution in [0.15, 0.2) is 0 Å². The molecule has 0 rings (SSSR count). The van der Waals surface area contributed by atoms with E-state index in [0.717, 1.165) is 24.7 Å². The first-order valence-electron chi connectivity index (χ1n) is 12.2. The van der Waals surface area contributed by atoms with Gasteiger partial charge in [0.15, 0.2) is 0 Å². The van der Waals surface area contributed by atoms with E-state index in [1.165, 1.54) is 103 Å². The van der Waals surface area contributed by atoms with Crippen molar-refractivity contribution in [1.29, 1.82) is 0 Å². The Kier molecular flexibility index (Phi) is 20.5. The molecule has 0 fully saturated rings. The number of rotatable bonds is 18. The smallest absolute Gasteiger partial charge is 0.00886 e. The van der Waals surface area contributed by atoms with Gasteiger partial charge in [-0.2, -0.15) is 0 Å². The van der Waals surface area contributed by atoms with Gasteiger partial charge in [0.05, 0.1) is 0 Å². The van der Waals surface area contributed by atoms with E-state index in [2.05, 4.69) is 39.5 Å². The second-order valence-electron chi connectivity index (χ2n) is 8.68. The fourth-order valence-corrected chi connectivity index (χ4v) is 3.79. The van der Waals surface area contributed by atoms with Gasteiger partial charge in [-0.05, 0) is 24.7 Å². The topological polar surface area (TPSA) is 0 Å². The standard InChI is InChI=1S/C26H50/c1-5-7-9-10-11-12-13-14-15-16-17-18-19-20-22-24-26(25(3)4)23-21-8-6-2/h25-26H,5-12,15-24H2,1-4H3. The van der Waals surface area contributed by atoms with E-state index in [1.54, 1.807) is 0 Å². The summed E-state index contributed by atoms with van der Waals surface area (Å²) in [6, 6.07) is 0. The average Bonchev–Trinajstić information content (AvgIpc) is 2.63. The summed E-state index contributed by atoms with van der Waals surface area (Å²) in [5.41, 5.74) is 0. The van der Waals surface area contributed by atoms with Gasteiger partial charge in [0.2, 0.25) is 0 Å². The molecule has 0 radical (unpaired) electrons. The van der Waals surface area contributed by atoms with Gasteiger partial charge in [0.1, 0.15) is 0 Å². The van der Waals surface area contributed by atoms with E-state index in [-0.39, 0.29) is 0 Å². The zero-order valence-corrected chi connectivity index (χ0v) is 18.9. The highest BCUT2D eigenvalue weighted by atomic mass is 14.2. The Morgan fingerprint density at radius 1 is 0.500 bits per heavy atom. The summed E-state index contributed by atoms with van der Waals surface area (Å²) in [5.74, 6) is 8.59. The molecule has 0 heteroatoms. The Labute approximate surface area is 167 Å². The lowest BCUT2D eigenvalue weighted by Gasteiger charge is -2.20. The summed E-state index contributed by atoms with van der Waals surface area (Å²) in [5, 5.41) is 0. The van der Waals surface area contributed by atoms with Gasteiger partial charge in [0, 0.05) is 12.8 Å². The molecule has 0 saturated carbocycles. The van der Waals surface area contributed by atoms with E-state index in [9.17, 15) is 0 Å². The van der Waals surface area contributed by atoms with E-state index in [1.807, 2.05) is 0 Å². The quantitative estimate of drug-likeness (QED) is 0.168. The number of hydrogen-bond acceptors (Lipinski definition) is 0. The maximum atomic E-state index is 3.38. The first-order valence-corrected chi connectivity index (χ1v) is 12.2. The van der Waals surface area contributed by atoms with Crippen LogP contribution in [-0.2, 0) is 0 Å². The van der Waals surface area contributed by atoms with Crippen molar-refractivity contribution in [2.75, 3.05) is 0 Å². The van der Waals surface area contributed by atoms with Crippen LogP contribution in [-0.4, -0.2) is 0 Å². The van der Waals surface area contributed by atoms with Crippen LogP contribution in [0.2, 0.25) is 0 Å². The SMILES string of the molecule is CCCCCCCC#CCCCCCCCCC(CCCCC)C(C)C. The van der Waals surface area contributed by atoms with Crippen molar-refractivity contribution in [3.63, 3.8) is 0 Å². The monoisotopic (exact) mass is 362 g/mol. The molecule has 0 saturated heterocycles. The molecule has 26 heavy (non-hydrogen) atoms. The Morgan fingerprint density at radius 2 is 0.885 bits per heavy atom. The molecule has 0 aliphatic carbocycles. The van der Waals surface area contributed by atoms with E-state index in [4.69, 9.17) is 0 Å². The zero-order chi connectivity index (χ0) is 19.3. The molecule has 0 amide bonds. The molecule has 0 aromatic carbocycles. The molecule has 0 heterocycles. The molecule has 154 valence electrons. The van der Waals surface area contributed by atoms with Crippen molar-refractivity contribution in [2.24, 2.45) is 11.8 Å². The van der Waals surface area contributed by atoms with Gasteiger partial charge < -0.3 is 0 Å². The Bertz CT molecular complexity index is 317. The fraction of sp³-hybridized carbons (Fsp3) is 0.923. The third-order valence-electron chi connectivity index (χ3n) is 5.78. The second-order valence-corrected chi connectivity index (χ2v) is 8.68. The van der Waals surface area contributed by atoms with Gasteiger partial charge in [-0.3, -0.25) is 0 Å². The minimum absolute atomic E-state index is 0.872. The van der Waals surface area contributed by atoms with Crippen LogP contribution in [0.4, 0.5) is 0 Å². The number of unbranched alkanes of at least 4 members (excludes halogenated alkanes) is 13. The van der Waals surface area contributed by atoms with Gasteiger partial charge in [-0.15, -0.1) is 11.8 Å². The van der Waals surface area contributed by atoms with E-state index in [0.29, 0.717) is 0 Å². The second kappa shape index (κ2) is 20.9. The molecule has 0 aliphatic heterocycles. The maximum Gasteiger partial charge on any atom is 0.00886 e. The summed E-state index contributed by atoms with van der Waals surface area (Å²) in [6.45, 7) is 9.42. The molecule has 0 bridgehead atoms. The molecule has 0 nitrogen and oxygen atoms in total. The van der Waals surface area contributed by atoms with Crippen LogP contribution >= 0.6 is 0 Å². The first-order chi connectivity index (χ1) is 12.7. The lowest BCUT2D eigenvalue weighted by molar-refractivity contribution is 0.314. The highest BCUT2D eigenvalue weighted by Crippen LogP contribution is 2.25. The minimum Gasteiger partial charge on any atom is -0.103 e. The van der Waals surface area contributed by atoms with Gasteiger partial charge >= 0.3 is 0 Å². The lowest BCUT2D eigenvalue weighted by atomic mass is 9.86. The Balaban J connectivity index is 3.39. The van der Waals surface area contributed by atoms with Gasteiger partial charge in [-0.25, -0.2) is 0 Å². The van der Waals surface area contributed by atoms with Crippen LogP contribution < -0.4 is 0 Å². The molecule has 0 aliphatic rings. The molecular weight excluding hydrogens is 312 g/mol. The first kappa shape index (κ1) is 25.6. The summed E-state index contributed by atoms with van der Waals surface area (Å²) < 4.78 is 0. The zero-order valence-electron chi connectivity index (χ0n) is 18.9. The molecule has 0 aromatic rings. The van der Waals surface area contributed by atoms with Crippen molar-refractivity contribution < 1.29 is 0 Å². The molecule has 0 spiro atoms. The fourth-order valence-electron chi connectivity index (χ4n) is 3.79. The molecule has 0 N–H and O–H groups in total. The van der Waals surface area contributed by atoms with Crippen molar-refractivity contribution in [3.05, 3.63) is 0 Å². The number of hydrogen-bond donors (Lipinski definition) is 0. The van der Waals surface area contributed by atoms with Crippen LogP contribution in [0.1, 0.15) is 143 Å². The van der Waals surface area contributed by atoms with Gasteiger partial charge in [-0.1, -0.05) is 118 Å². The van der Waals surface area contributed by atoms with Crippen LogP contribution in [0.25, 0.3) is 0 Å². The minimum atomic E-state index is 0.872. The highest BCUT2D eigenvalue weighted by molar-refractivity contribution is 4.98. The summed E-state index contributed by atoms with van der Waals surface area (Å²) in [4.78, 5) is 0. The van der Waals surface area contributed by atoms with Gasteiger partial charge in [0.25, 0.3) is 0 Å². The van der Waals surface area contributed by atoms with Crippen molar-refractivity contribution in [3.8, 4) is 11.8 Å². The summed E-state index contributed by atoms with van der Waals surface area (Å²) in [6.07, 6.45) is 24.7. The Morgan fingerprint density at radius 3 is 1.38 bits per heavy atom. The average molecular weight is 363 g/mol. The third kappa shape index (κ3) is 18.4. The van der Waals surface area contributed by atoms with Crippen LogP contribution in [0.3, 0.4) is 0 Å². The molecule has 1 unspecified atom stereocenters. The predicted molar refractivity (Wildman–Crippen MR) is 121 cm³/mol.